The summed E-state index contributed by atoms with van der Waals surface area (Å²) in [7, 11) is -3.82. The third kappa shape index (κ3) is 3.86. The Morgan fingerprint density at radius 3 is 2.67 bits per heavy atom. The van der Waals surface area contributed by atoms with Crippen LogP contribution < -0.4 is 9.44 Å². The molecule has 0 aromatic heterocycles. The maximum absolute atomic E-state index is 11.6. The average Bonchev–Trinajstić information content (AvgIpc) is 2.28. The van der Waals surface area contributed by atoms with Crippen molar-refractivity contribution in [2.75, 3.05) is 11.3 Å². The van der Waals surface area contributed by atoms with Crippen LogP contribution in [0.2, 0.25) is 5.02 Å². The third-order valence-electron chi connectivity index (χ3n) is 2.02. The van der Waals surface area contributed by atoms with Crippen LogP contribution in [-0.4, -0.2) is 26.0 Å². The second kappa shape index (κ2) is 6.03. The van der Waals surface area contributed by atoms with Gasteiger partial charge < -0.3 is 5.11 Å². The van der Waals surface area contributed by atoms with Crippen LogP contribution in [-0.2, 0) is 10.2 Å². The average molecular weight is 293 g/mol. The van der Waals surface area contributed by atoms with Gasteiger partial charge >= 0.3 is 5.97 Å². The summed E-state index contributed by atoms with van der Waals surface area (Å²) in [5, 5.41) is 8.97. The zero-order valence-corrected chi connectivity index (χ0v) is 11.2. The number of anilines is 1. The monoisotopic (exact) mass is 292 g/mol. The second-order valence-corrected chi connectivity index (χ2v) is 5.37. The highest BCUT2D eigenvalue weighted by atomic mass is 35.5. The van der Waals surface area contributed by atoms with Crippen LogP contribution >= 0.6 is 11.6 Å². The van der Waals surface area contributed by atoms with Crippen LogP contribution in [0.1, 0.15) is 23.7 Å². The van der Waals surface area contributed by atoms with Crippen LogP contribution in [0.5, 0.6) is 0 Å². The van der Waals surface area contributed by atoms with Crippen molar-refractivity contribution < 1.29 is 18.3 Å². The molecule has 0 aliphatic carbocycles. The van der Waals surface area contributed by atoms with Gasteiger partial charge in [-0.05, 0) is 18.6 Å². The molecule has 100 valence electrons. The minimum Gasteiger partial charge on any atom is -0.478 e. The fourth-order valence-electron chi connectivity index (χ4n) is 1.21. The van der Waals surface area contributed by atoms with Gasteiger partial charge in [-0.1, -0.05) is 24.6 Å². The maximum atomic E-state index is 11.6. The first kappa shape index (κ1) is 14.7. The van der Waals surface area contributed by atoms with Crippen LogP contribution in [0.15, 0.2) is 18.2 Å². The molecule has 1 rings (SSSR count). The molecule has 1 aromatic carbocycles. The lowest BCUT2D eigenvalue weighted by molar-refractivity contribution is 0.0698. The molecular formula is C10H13ClN2O4S. The number of benzene rings is 1. The van der Waals surface area contributed by atoms with E-state index in [1.165, 1.54) is 18.2 Å². The summed E-state index contributed by atoms with van der Waals surface area (Å²) in [4.78, 5) is 11.0. The van der Waals surface area contributed by atoms with E-state index >= 15 is 0 Å². The highest BCUT2D eigenvalue weighted by Gasteiger charge is 2.18. The lowest BCUT2D eigenvalue weighted by Gasteiger charge is -2.12. The number of nitrogens with one attached hydrogen (secondary N) is 2. The summed E-state index contributed by atoms with van der Waals surface area (Å²) >= 11 is 5.80. The van der Waals surface area contributed by atoms with Gasteiger partial charge in [0.2, 0.25) is 0 Å². The first-order valence-corrected chi connectivity index (χ1v) is 7.02. The fraction of sp³-hybridized carbons (Fsp3) is 0.300. The Kier molecular flexibility index (Phi) is 4.94. The number of carbonyl (C=O) groups is 1. The van der Waals surface area contributed by atoms with Crippen LogP contribution in [0.3, 0.4) is 0 Å². The Morgan fingerprint density at radius 1 is 1.44 bits per heavy atom. The van der Waals surface area contributed by atoms with E-state index < -0.39 is 16.2 Å². The van der Waals surface area contributed by atoms with Gasteiger partial charge in [0.1, 0.15) is 0 Å². The predicted molar refractivity (Wildman–Crippen MR) is 69.2 cm³/mol. The van der Waals surface area contributed by atoms with Gasteiger partial charge in [0, 0.05) is 6.54 Å². The molecule has 0 heterocycles. The molecule has 0 saturated carbocycles. The van der Waals surface area contributed by atoms with Gasteiger partial charge in [0.15, 0.2) is 0 Å². The SMILES string of the molecule is CCCNS(=O)(=O)Nc1c(Cl)cccc1C(=O)O. The van der Waals surface area contributed by atoms with Gasteiger partial charge in [-0.15, -0.1) is 0 Å². The number of carboxylic acids is 1. The van der Waals surface area contributed by atoms with E-state index in [1.807, 2.05) is 0 Å². The number of carboxylic acid groups (broad SMARTS) is 1. The topological polar surface area (TPSA) is 95.5 Å². The molecule has 0 saturated heterocycles. The van der Waals surface area contributed by atoms with Gasteiger partial charge in [-0.3, -0.25) is 4.72 Å². The highest BCUT2D eigenvalue weighted by Crippen LogP contribution is 2.26. The molecule has 0 unspecified atom stereocenters. The summed E-state index contributed by atoms with van der Waals surface area (Å²) in [5.41, 5.74) is -0.348. The summed E-state index contributed by atoms with van der Waals surface area (Å²) in [6, 6.07) is 4.11. The molecule has 0 fully saturated rings. The maximum Gasteiger partial charge on any atom is 0.337 e. The number of aromatic carboxylic acids is 1. The lowest BCUT2D eigenvalue weighted by Crippen LogP contribution is -2.31. The van der Waals surface area contributed by atoms with Crippen LogP contribution in [0.4, 0.5) is 5.69 Å². The molecule has 0 aliphatic rings. The molecule has 0 bridgehead atoms. The zero-order valence-electron chi connectivity index (χ0n) is 9.60. The number of rotatable bonds is 6. The standard InChI is InChI=1S/C10H13ClN2O4S/c1-2-6-12-18(16,17)13-9-7(10(14)15)4-3-5-8(9)11/h3-5,12-13H,2,6H2,1H3,(H,14,15). The molecular weight excluding hydrogens is 280 g/mol. The van der Waals surface area contributed by atoms with Crippen molar-refractivity contribution in [3.8, 4) is 0 Å². The Morgan fingerprint density at radius 2 is 2.11 bits per heavy atom. The number of hydrogen-bond donors (Lipinski definition) is 3. The molecule has 18 heavy (non-hydrogen) atoms. The number of para-hydroxylation sites is 1. The Balaban J connectivity index is 3.07. The van der Waals surface area contributed by atoms with E-state index in [2.05, 4.69) is 9.44 Å². The van der Waals surface area contributed by atoms with Crippen LogP contribution in [0, 0.1) is 0 Å². The highest BCUT2D eigenvalue weighted by molar-refractivity contribution is 7.90. The molecule has 6 nitrogen and oxygen atoms in total. The van der Waals surface area contributed by atoms with E-state index in [9.17, 15) is 13.2 Å². The van der Waals surface area contributed by atoms with Crippen molar-refractivity contribution in [2.45, 2.75) is 13.3 Å². The summed E-state index contributed by atoms with van der Waals surface area (Å²) < 4.78 is 27.6. The smallest absolute Gasteiger partial charge is 0.337 e. The van der Waals surface area contributed by atoms with Crippen molar-refractivity contribution in [3.63, 3.8) is 0 Å². The Bertz CT molecular complexity index is 545. The van der Waals surface area contributed by atoms with Crippen molar-refractivity contribution in [2.24, 2.45) is 0 Å². The second-order valence-electron chi connectivity index (χ2n) is 3.47. The van der Waals surface area contributed by atoms with Crippen molar-refractivity contribution >= 4 is 33.5 Å². The van der Waals surface area contributed by atoms with Crippen molar-refractivity contribution in [1.82, 2.24) is 4.72 Å². The zero-order chi connectivity index (χ0) is 13.8. The molecule has 3 N–H and O–H groups in total. The predicted octanol–water partition coefficient (Wildman–Crippen LogP) is 1.69. The van der Waals surface area contributed by atoms with Crippen LogP contribution in [0.25, 0.3) is 0 Å². The molecule has 1 aromatic rings. The Labute approximate surface area is 110 Å². The number of hydrogen-bond acceptors (Lipinski definition) is 3. The molecule has 0 aliphatic heterocycles. The summed E-state index contributed by atoms with van der Waals surface area (Å²) in [6.45, 7) is 2.06. The van der Waals surface area contributed by atoms with Gasteiger partial charge in [0.25, 0.3) is 10.2 Å². The summed E-state index contributed by atoms with van der Waals surface area (Å²) in [6.07, 6.45) is 0.620. The largest absolute Gasteiger partial charge is 0.478 e. The molecule has 8 heteroatoms. The fourth-order valence-corrected chi connectivity index (χ4v) is 2.52. The Hall–Kier alpha value is -1.31. The normalized spacial score (nSPS) is 11.2. The van der Waals surface area contributed by atoms with E-state index in [0.717, 1.165) is 0 Å². The quantitative estimate of drug-likeness (QED) is 0.743. The van der Waals surface area contributed by atoms with Crippen molar-refractivity contribution in [3.05, 3.63) is 28.8 Å². The van der Waals surface area contributed by atoms with Crippen molar-refractivity contribution in [1.29, 1.82) is 0 Å². The first-order chi connectivity index (χ1) is 8.37. The minimum absolute atomic E-state index is 0.0248. The van der Waals surface area contributed by atoms with E-state index in [1.54, 1.807) is 6.92 Å². The van der Waals surface area contributed by atoms with Gasteiger partial charge in [-0.2, -0.15) is 13.1 Å². The third-order valence-corrected chi connectivity index (χ3v) is 3.39. The first-order valence-electron chi connectivity index (χ1n) is 5.16. The van der Waals surface area contributed by atoms with Gasteiger partial charge in [0.05, 0.1) is 16.3 Å². The number of halogens is 1. The molecule has 0 spiro atoms. The van der Waals surface area contributed by atoms with Gasteiger partial charge in [-0.25, -0.2) is 4.79 Å². The molecule has 0 amide bonds. The molecule has 0 radical (unpaired) electrons. The van der Waals surface area contributed by atoms with E-state index in [4.69, 9.17) is 16.7 Å². The minimum atomic E-state index is -3.82. The lowest BCUT2D eigenvalue weighted by atomic mass is 10.2. The van der Waals surface area contributed by atoms with E-state index in [0.29, 0.717) is 6.42 Å². The molecule has 0 atom stereocenters. The van der Waals surface area contributed by atoms with E-state index in [-0.39, 0.29) is 22.8 Å². The summed E-state index contributed by atoms with van der Waals surface area (Å²) in [5.74, 6) is -1.26.